The average molecular weight is 603 g/mol. The standard InChI is InChI=1S/C34H50O9/c1-3-5-7-9-11-13-15-30-40-28-23-34(33(38)42-31(43-34)16-14-12-10-8-6-4-2)22-27(32(28)41-30)39-29(37)20-18-24-17-19-25(35)26(36)21-24/h17-21,27-28,30-32,35-36H,3-16,22-23H2,1-2H3/b20-18+/t27-,28-,30-,31-,32+,34-/m1/s1. The lowest BCUT2D eigenvalue weighted by Gasteiger charge is -2.39. The summed E-state index contributed by atoms with van der Waals surface area (Å²) in [5, 5.41) is 19.3. The molecule has 3 fully saturated rings. The minimum atomic E-state index is -1.25. The van der Waals surface area contributed by atoms with Crippen LogP contribution in [-0.2, 0) is 33.3 Å². The van der Waals surface area contributed by atoms with Gasteiger partial charge in [-0.3, -0.25) is 0 Å². The molecule has 1 aliphatic carbocycles. The summed E-state index contributed by atoms with van der Waals surface area (Å²) in [6.07, 6.45) is 15.5. The number of cyclic esters (lactones) is 1. The molecular formula is C34H50O9. The Balaban J connectivity index is 1.39. The Kier molecular flexibility index (Phi) is 12.7. The molecule has 43 heavy (non-hydrogen) atoms. The van der Waals surface area contributed by atoms with Crippen molar-refractivity contribution in [1.82, 2.24) is 0 Å². The van der Waals surface area contributed by atoms with Gasteiger partial charge >= 0.3 is 11.9 Å². The van der Waals surface area contributed by atoms with Crippen LogP contribution in [0.25, 0.3) is 6.08 Å². The van der Waals surface area contributed by atoms with Crippen LogP contribution in [0.4, 0.5) is 0 Å². The third-order valence-corrected chi connectivity index (χ3v) is 8.66. The molecule has 1 saturated carbocycles. The summed E-state index contributed by atoms with van der Waals surface area (Å²) in [6.45, 7) is 4.39. The van der Waals surface area contributed by atoms with Crippen molar-refractivity contribution in [3.63, 3.8) is 0 Å². The number of aromatic hydroxyl groups is 2. The number of carbonyl (C=O) groups excluding carboxylic acids is 2. The topological polar surface area (TPSA) is 121 Å². The van der Waals surface area contributed by atoms with Gasteiger partial charge in [0, 0.05) is 25.3 Å². The summed E-state index contributed by atoms with van der Waals surface area (Å²) < 4.78 is 30.5. The zero-order valence-corrected chi connectivity index (χ0v) is 25.8. The second-order valence-corrected chi connectivity index (χ2v) is 12.2. The third-order valence-electron chi connectivity index (χ3n) is 8.66. The van der Waals surface area contributed by atoms with Crippen LogP contribution in [0.5, 0.6) is 11.5 Å². The summed E-state index contributed by atoms with van der Waals surface area (Å²) >= 11 is 0. The largest absolute Gasteiger partial charge is 0.504 e. The van der Waals surface area contributed by atoms with Crippen LogP contribution in [0.2, 0.25) is 0 Å². The van der Waals surface area contributed by atoms with E-state index < -0.39 is 48.4 Å². The smallest absolute Gasteiger partial charge is 0.341 e. The highest BCUT2D eigenvalue weighted by atomic mass is 16.8. The van der Waals surface area contributed by atoms with Crippen LogP contribution in [0.1, 0.15) is 122 Å². The molecule has 0 bridgehead atoms. The number of phenolic OH excluding ortho intramolecular Hbond substituents is 2. The number of esters is 2. The van der Waals surface area contributed by atoms with E-state index in [0.717, 1.165) is 38.5 Å². The van der Waals surface area contributed by atoms with Gasteiger partial charge in [-0.1, -0.05) is 84.1 Å². The van der Waals surface area contributed by atoms with E-state index in [-0.39, 0.29) is 17.9 Å². The second-order valence-electron chi connectivity index (χ2n) is 12.2. The molecule has 0 amide bonds. The van der Waals surface area contributed by atoms with E-state index >= 15 is 0 Å². The third kappa shape index (κ3) is 9.43. The van der Waals surface area contributed by atoms with E-state index in [1.54, 1.807) is 6.07 Å². The van der Waals surface area contributed by atoms with E-state index in [9.17, 15) is 19.8 Å². The van der Waals surface area contributed by atoms with E-state index in [1.165, 1.54) is 69.2 Å². The SMILES string of the molecule is CCCCCCCC[C@@H]1OC(=O)[C@]2(C[C@@H](OC(=O)/C=C/c3ccc(O)c(O)c3)[C@@H]3O[C@H](CCCCCCCC)O[C@@H]3C2)O1. The molecular weight excluding hydrogens is 552 g/mol. The highest BCUT2D eigenvalue weighted by molar-refractivity contribution is 5.87. The van der Waals surface area contributed by atoms with E-state index in [4.69, 9.17) is 23.7 Å². The predicted octanol–water partition coefficient (Wildman–Crippen LogP) is 7.07. The highest BCUT2D eigenvalue weighted by Gasteiger charge is 2.61. The highest BCUT2D eigenvalue weighted by Crippen LogP contribution is 2.45. The Morgan fingerprint density at radius 2 is 1.53 bits per heavy atom. The number of unbranched alkanes of at least 4 members (excludes halogenated alkanes) is 10. The fourth-order valence-electron chi connectivity index (χ4n) is 6.26. The maximum Gasteiger partial charge on any atom is 0.341 e. The lowest BCUT2D eigenvalue weighted by atomic mass is 9.79. The molecule has 1 aromatic rings. The molecule has 3 aliphatic rings. The minimum Gasteiger partial charge on any atom is -0.504 e. The zero-order chi connectivity index (χ0) is 30.7. The lowest BCUT2D eigenvalue weighted by Crippen LogP contribution is -2.55. The van der Waals surface area contributed by atoms with Crippen LogP contribution in [0.3, 0.4) is 0 Å². The van der Waals surface area contributed by atoms with Gasteiger partial charge in [0.15, 0.2) is 23.4 Å². The van der Waals surface area contributed by atoms with Gasteiger partial charge in [-0.05, 0) is 43.0 Å². The van der Waals surface area contributed by atoms with E-state index in [1.807, 2.05) is 0 Å². The minimum absolute atomic E-state index is 0.132. The molecule has 0 unspecified atom stereocenters. The fourth-order valence-corrected chi connectivity index (χ4v) is 6.26. The molecule has 2 heterocycles. The predicted molar refractivity (Wildman–Crippen MR) is 161 cm³/mol. The lowest BCUT2D eigenvalue weighted by molar-refractivity contribution is -0.176. The maximum atomic E-state index is 13.3. The molecule has 240 valence electrons. The second kappa shape index (κ2) is 16.5. The van der Waals surface area contributed by atoms with Crippen LogP contribution < -0.4 is 0 Å². The molecule has 9 nitrogen and oxygen atoms in total. The van der Waals surface area contributed by atoms with Crippen molar-refractivity contribution >= 4 is 18.0 Å². The maximum absolute atomic E-state index is 13.3. The van der Waals surface area contributed by atoms with Gasteiger partial charge in [0.2, 0.25) is 6.29 Å². The number of hydrogen-bond acceptors (Lipinski definition) is 9. The van der Waals surface area contributed by atoms with Crippen molar-refractivity contribution in [2.75, 3.05) is 0 Å². The van der Waals surface area contributed by atoms with Crippen LogP contribution in [0, 0.1) is 0 Å². The fraction of sp³-hybridized carbons (Fsp3) is 0.706. The Bertz CT molecular complexity index is 1070. The number of benzene rings is 1. The molecule has 1 spiro atoms. The van der Waals surface area contributed by atoms with Crippen molar-refractivity contribution in [3.8, 4) is 11.5 Å². The molecule has 2 aliphatic heterocycles. The molecule has 0 radical (unpaired) electrons. The molecule has 2 N–H and O–H groups in total. The van der Waals surface area contributed by atoms with Gasteiger partial charge in [-0.15, -0.1) is 0 Å². The van der Waals surface area contributed by atoms with Crippen molar-refractivity contribution < 1.29 is 43.5 Å². The van der Waals surface area contributed by atoms with Crippen molar-refractivity contribution in [2.45, 2.75) is 153 Å². The Hall–Kier alpha value is -2.62. The van der Waals surface area contributed by atoms with Crippen molar-refractivity contribution in [2.24, 2.45) is 0 Å². The Morgan fingerprint density at radius 3 is 2.21 bits per heavy atom. The number of ether oxygens (including phenoxy) is 5. The quantitative estimate of drug-likeness (QED) is 0.0835. The molecule has 1 aromatic carbocycles. The first-order chi connectivity index (χ1) is 20.8. The molecule has 4 rings (SSSR count). The van der Waals surface area contributed by atoms with Gasteiger partial charge in [0.05, 0.1) is 6.10 Å². The van der Waals surface area contributed by atoms with Gasteiger partial charge in [-0.2, -0.15) is 0 Å². The van der Waals surface area contributed by atoms with E-state index in [2.05, 4.69) is 13.8 Å². The molecule has 2 saturated heterocycles. The number of fused-ring (bicyclic) bond motifs is 1. The monoisotopic (exact) mass is 602 g/mol. The van der Waals surface area contributed by atoms with Crippen LogP contribution >= 0.6 is 0 Å². The molecule has 9 heteroatoms. The Labute approximate surface area is 255 Å². The first kappa shape index (κ1) is 33.3. The van der Waals surface area contributed by atoms with Gasteiger partial charge in [0.1, 0.15) is 12.2 Å². The van der Waals surface area contributed by atoms with Gasteiger partial charge in [0.25, 0.3) is 0 Å². The number of hydrogen-bond donors (Lipinski definition) is 2. The summed E-state index contributed by atoms with van der Waals surface area (Å²) in [5.74, 6) is -1.58. The normalized spacial score (nSPS) is 28.4. The van der Waals surface area contributed by atoms with Gasteiger partial charge in [-0.25, -0.2) is 9.59 Å². The molecule has 0 aromatic heterocycles. The van der Waals surface area contributed by atoms with Crippen LogP contribution in [0.15, 0.2) is 24.3 Å². The van der Waals surface area contributed by atoms with Crippen molar-refractivity contribution in [3.05, 3.63) is 29.8 Å². The number of rotatable bonds is 17. The van der Waals surface area contributed by atoms with Crippen molar-refractivity contribution in [1.29, 1.82) is 0 Å². The first-order valence-electron chi connectivity index (χ1n) is 16.4. The average Bonchev–Trinajstić information content (AvgIpc) is 3.53. The van der Waals surface area contributed by atoms with Crippen LogP contribution in [-0.4, -0.2) is 58.6 Å². The summed E-state index contributed by atoms with van der Waals surface area (Å²) in [6, 6.07) is 4.25. The Morgan fingerprint density at radius 1 is 0.884 bits per heavy atom. The summed E-state index contributed by atoms with van der Waals surface area (Å²) in [7, 11) is 0. The number of carbonyl (C=O) groups is 2. The first-order valence-corrected chi connectivity index (χ1v) is 16.4. The zero-order valence-electron chi connectivity index (χ0n) is 25.8. The molecule has 6 atom stereocenters. The summed E-state index contributed by atoms with van der Waals surface area (Å²) in [4.78, 5) is 26.2. The van der Waals surface area contributed by atoms with Gasteiger partial charge < -0.3 is 33.9 Å². The van der Waals surface area contributed by atoms with E-state index in [0.29, 0.717) is 18.4 Å². The number of phenols is 2. The summed E-state index contributed by atoms with van der Waals surface area (Å²) in [5.41, 5.74) is -0.728.